The van der Waals surface area contributed by atoms with Crippen LogP contribution >= 0.6 is 0 Å². The van der Waals surface area contributed by atoms with E-state index in [9.17, 15) is 0 Å². The Balaban J connectivity index is 1.55. The molecule has 0 aliphatic carbocycles. The monoisotopic (exact) mass is 413 g/mol. The molecule has 0 unspecified atom stereocenters. The van der Waals surface area contributed by atoms with Gasteiger partial charge >= 0.3 is 0 Å². The van der Waals surface area contributed by atoms with Crippen molar-refractivity contribution in [2.75, 3.05) is 0 Å². The number of nitrogens with zero attached hydrogens (tertiary/aromatic N) is 4. The number of rotatable bonds is 2. The third kappa shape index (κ3) is 2.25. The van der Waals surface area contributed by atoms with Gasteiger partial charge in [0.1, 0.15) is 5.82 Å². The molecule has 152 valence electrons. The summed E-state index contributed by atoms with van der Waals surface area (Å²) in [6, 6.07) is 23.3. The lowest BCUT2D eigenvalue weighted by molar-refractivity contribution is 0.827. The van der Waals surface area contributed by atoms with E-state index in [1.807, 2.05) is 24.5 Å². The number of fused-ring (bicyclic) bond motifs is 9. The van der Waals surface area contributed by atoms with Crippen LogP contribution < -0.4 is 0 Å². The van der Waals surface area contributed by atoms with Crippen molar-refractivity contribution in [2.45, 2.75) is 13.5 Å². The van der Waals surface area contributed by atoms with Crippen LogP contribution in [0.4, 0.5) is 0 Å². The summed E-state index contributed by atoms with van der Waals surface area (Å²) in [4.78, 5) is 17.9. The highest BCUT2D eigenvalue weighted by atomic mass is 15.0. The van der Waals surface area contributed by atoms with Crippen LogP contribution in [0.1, 0.15) is 6.92 Å². The molecule has 7 aromatic rings. The molecule has 0 radical (unpaired) electrons. The van der Waals surface area contributed by atoms with E-state index in [0.29, 0.717) is 0 Å². The number of H-pyrrole nitrogens is 1. The fourth-order valence-corrected chi connectivity index (χ4v) is 5.02. The number of hydrogen-bond donors (Lipinski definition) is 1. The Hall–Kier alpha value is -4.25. The molecule has 4 heterocycles. The fourth-order valence-electron chi connectivity index (χ4n) is 5.02. The standard InChI is InChI=1S/C27H19N5/c1-2-32-21-10-4-3-7-17(21)20-15-16(11-12-22(20)32)27-30-25-18-8-5-13-28-23(18)24-19(26(25)31-27)9-6-14-29-24/h3-15H,2H2,1H3,(H,30,31). The molecule has 3 aromatic carbocycles. The molecule has 5 heteroatoms. The van der Waals surface area contributed by atoms with Gasteiger partial charge < -0.3 is 9.55 Å². The molecule has 1 N–H and O–H groups in total. The first-order chi connectivity index (χ1) is 15.8. The van der Waals surface area contributed by atoms with Gasteiger partial charge in [-0.3, -0.25) is 9.97 Å². The molecule has 7 rings (SSSR count). The third-order valence-electron chi connectivity index (χ3n) is 6.43. The van der Waals surface area contributed by atoms with Crippen molar-refractivity contribution in [1.29, 1.82) is 0 Å². The maximum Gasteiger partial charge on any atom is 0.138 e. The van der Waals surface area contributed by atoms with Gasteiger partial charge in [0.05, 0.1) is 22.1 Å². The van der Waals surface area contributed by atoms with Crippen LogP contribution in [0.25, 0.3) is 66.0 Å². The lowest BCUT2D eigenvalue weighted by Gasteiger charge is -2.03. The van der Waals surface area contributed by atoms with E-state index in [-0.39, 0.29) is 0 Å². The van der Waals surface area contributed by atoms with E-state index in [2.05, 4.69) is 81.0 Å². The van der Waals surface area contributed by atoms with Crippen LogP contribution in [0, 0.1) is 0 Å². The van der Waals surface area contributed by atoms with Crippen LogP contribution in [0.3, 0.4) is 0 Å². The van der Waals surface area contributed by atoms with E-state index in [1.165, 1.54) is 21.8 Å². The lowest BCUT2D eigenvalue weighted by atomic mass is 10.1. The van der Waals surface area contributed by atoms with E-state index in [0.717, 1.165) is 50.8 Å². The predicted molar refractivity (Wildman–Crippen MR) is 131 cm³/mol. The zero-order valence-electron chi connectivity index (χ0n) is 17.5. The Bertz CT molecular complexity index is 1750. The van der Waals surface area contributed by atoms with Gasteiger partial charge in [-0.05, 0) is 55.5 Å². The number of para-hydroxylation sites is 1. The smallest absolute Gasteiger partial charge is 0.138 e. The number of imidazole rings is 1. The molecule has 0 amide bonds. The number of nitrogens with one attached hydrogen (secondary N) is 1. The molecule has 0 aliphatic rings. The van der Waals surface area contributed by atoms with Gasteiger partial charge in [-0.2, -0.15) is 0 Å². The van der Waals surface area contributed by atoms with Crippen LogP contribution in [0.2, 0.25) is 0 Å². The van der Waals surface area contributed by atoms with Crippen molar-refractivity contribution in [3.8, 4) is 11.4 Å². The zero-order chi connectivity index (χ0) is 21.2. The molecule has 0 atom stereocenters. The van der Waals surface area contributed by atoms with E-state index >= 15 is 0 Å². The number of hydrogen-bond acceptors (Lipinski definition) is 3. The second-order valence-electron chi connectivity index (χ2n) is 8.10. The molecule has 0 fully saturated rings. The molecule has 0 bridgehead atoms. The van der Waals surface area contributed by atoms with Gasteiger partial charge in [0.25, 0.3) is 0 Å². The first kappa shape index (κ1) is 17.4. The summed E-state index contributed by atoms with van der Waals surface area (Å²) in [6.07, 6.45) is 3.63. The predicted octanol–water partition coefficient (Wildman–Crippen LogP) is 6.45. The number of benzene rings is 3. The minimum atomic E-state index is 0.858. The quantitative estimate of drug-likeness (QED) is 0.331. The number of aromatic amines is 1. The molecule has 0 aliphatic heterocycles. The summed E-state index contributed by atoms with van der Waals surface area (Å²) >= 11 is 0. The van der Waals surface area contributed by atoms with E-state index in [4.69, 9.17) is 4.98 Å². The Kier molecular flexibility index (Phi) is 3.47. The summed E-state index contributed by atoms with van der Waals surface area (Å²) < 4.78 is 2.37. The molecule has 0 saturated heterocycles. The first-order valence-electron chi connectivity index (χ1n) is 10.9. The van der Waals surface area contributed by atoms with Gasteiger partial charge in [0, 0.05) is 57.1 Å². The van der Waals surface area contributed by atoms with Crippen LogP contribution in [-0.4, -0.2) is 24.5 Å². The average molecular weight is 413 g/mol. The normalized spacial score (nSPS) is 12.0. The highest BCUT2D eigenvalue weighted by Gasteiger charge is 2.16. The Labute approximate surface area is 183 Å². The van der Waals surface area contributed by atoms with Gasteiger partial charge in [-0.1, -0.05) is 18.2 Å². The van der Waals surface area contributed by atoms with Gasteiger partial charge in [0.2, 0.25) is 0 Å². The van der Waals surface area contributed by atoms with Crippen molar-refractivity contribution in [1.82, 2.24) is 24.5 Å². The lowest BCUT2D eigenvalue weighted by Crippen LogP contribution is -1.92. The van der Waals surface area contributed by atoms with Crippen molar-refractivity contribution < 1.29 is 0 Å². The maximum absolute atomic E-state index is 5.04. The van der Waals surface area contributed by atoms with Crippen LogP contribution in [-0.2, 0) is 6.54 Å². The number of aryl methyl sites for hydroxylation is 1. The summed E-state index contributed by atoms with van der Waals surface area (Å²) in [5.74, 6) is 0.858. The maximum atomic E-state index is 5.04. The van der Waals surface area contributed by atoms with E-state index in [1.54, 1.807) is 0 Å². The average Bonchev–Trinajstić information content (AvgIpc) is 3.44. The molecule has 0 saturated carbocycles. The minimum Gasteiger partial charge on any atom is -0.341 e. The largest absolute Gasteiger partial charge is 0.341 e. The van der Waals surface area contributed by atoms with Gasteiger partial charge in [-0.15, -0.1) is 0 Å². The Morgan fingerprint density at radius 1 is 0.719 bits per heavy atom. The van der Waals surface area contributed by atoms with Crippen LogP contribution in [0.5, 0.6) is 0 Å². The van der Waals surface area contributed by atoms with Gasteiger partial charge in [-0.25, -0.2) is 4.98 Å². The van der Waals surface area contributed by atoms with E-state index < -0.39 is 0 Å². The molecular formula is C27H19N5. The molecule has 5 nitrogen and oxygen atoms in total. The summed E-state index contributed by atoms with van der Waals surface area (Å²) in [5, 5.41) is 4.57. The Morgan fingerprint density at radius 3 is 2.28 bits per heavy atom. The topological polar surface area (TPSA) is 59.4 Å². The summed E-state index contributed by atoms with van der Waals surface area (Å²) in [5.41, 5.74) is 7.29. The Morgan fingerprint density at radius 2 is 1.44 bits per heavy atom. The number of aromatic nitrogens is 5. The molecule has 0 spiro atoms. The second kappa shape index (κ2) is 6.37. The summed E-state index contributed by atoms with van der Waals surface area (Å²) in [7, 11) is 0. The van der Waals surface area contributed by atoms with Crippen molar-refractivity contribution in [2.24, 2.45) is 0 Å². The SMILES string of the molecule is CCn1c2ccccc2c2cc(-c3nc4c5cccnc5c5ncccc5c4[nH]3)ccc21. The fraction of sp³-hybridized carbons (Fsp3) is 0.0741. The highest BCUT2D eigenvalue weighted by Crippen LogP contribution is 2.35. The molecule has 32 heavy (non-hydrogen) atoms. The number of pyridine rings is 2. The summed E-state index contributed by atoms with van der Waals surface area (Å²) in [6.45, 7) is 3.13. The van der Waals surface area contributed by atoms with Crippen molar-refractivity contribution >= 4 is 54.6 Å². The minimum absolute atomic E-state index is 0.858. The molecular weight excluding hydrogens is 394 g/mol. The van der Waals surface area contributed by atoms with Crippen molar-refractivity contribution in [3.63, 3.8) is 0 Å². The van der Waals surface area contributed by atoms with Crippen molar-refractivity contribution in [3.05, 3.63) is 79.1 Å². The zero-order valence-corrected chi connectivity index (χ0v) is 17.5. The second-order valence-corrected chi connectivity index (χ2v) is 8.10. The first-order valence-corrected chi connectivity index (χ1v) is 10.9. The van der Waals surface area contributed by atoms with Gasteiger partial charge in [0.15, 0.2) is 0 Å². The highest BCUT2D eigenvalue weighted by molar-refractivity contribution is 6.21. The third-order valence-corrected chi connectivity index (χ3v) is 6.43. The van der Waals surface area contributed by atoms with Crippen LogP contribution in [0.15, 0.2) is 79.1 Å². The molecule has 4 aromatic heterocycles.